The zero-order valence-electron chi connectivity index (χ0n) is 10.7. The van der Waals surface area contributed by atoms with E-state index >= 15 is 0 Å². The van der Waals surface area contributed by atoms with Gasteiger partial charge in [0.25, 0.3) is 0 Å². The number of rotatable bonds is 6. The lowest BCUT2D eigenvalue weighted by Crippen LogP contribution is -2.36. The maximum absolute atomic E-state index is 11.0. The third-order valence-corrected chi connectivity index (χ3v) is 2.55. The molecule has 98 valence electrons. The molecule has 0 bridgehead atoms. The highest BCUT2D eigenvalue weighted by molar-refractivity contribution is 5.81. The van der Waals surface area contributed by atoms with Crippen molar-refractivity contribution in [3.63, 3.8) is 0 Å². The summed E-state index contributed by atoms with van der Waals surface area (Å²) in [6.07, 6.45) is 2.34. The van der Waals surface area contributed by atoms with Crippen molar-refractivity contribution < 1.29 is 14.6 Å². The van der Waals surface area contributed by atoms with Gasteiger partial charge >= 0.3 is 5.97 Å². The highest BCUT2D eigenvalue weighted by Gasteiger charge is 2.11. The van der Waals surface area contributed by atoms with Gasteiger partial charge in [0, 0.05) is 12.6 Å². The normalized spacial score (nSPS) is 14.4. The van der Waals surface area contributed by atoms with Gasteiger partial charge in [-0.3, -0.25) is 0 Å². The Balaban J connectivity index is 2.53. The monoisotopic (exact) mass is 249 g/mol. The van der Waals surface area contributed by atoms with Crippen molar-refractivity contribution in [2.45, 2.75) is 25.6 Å². The van der Waals surface area contributed by atoms with Gasteiger partial charge in [0.05, 0.1) is 19.3 Å². The lowest BCUT2D eigenvalue weighted by molar-refractivity contribution is -0.134. The second-order valence-corrected chi connectivity index (χ2v) is 4.02. The number of carbonyl (C=O) groups excluding carboxylic acids is 1. The molecular weight excluding hydrogens is 230 g/mol. The summed E-state index contributed by atoms with van der Waals surface area (Å²) in [5.74, 6) is -0.429. The summed E-state index contributed by atoms with van der Waals surface area (Å²) in [7, 11) is 1.32. The Morgan fingerprint density at radius 3 is 2.67 bits per heavy atom. The number of methoxy groups -OCH3 is 1. The number of carbonyl (C=O) groups is 1. The average Bonchev–Trinajstić information content (AvgIpc) is 2.39. The predicted octanol–water partition coefficient (Wildman–Crippen LogP) is 1.25. The fraction of sp³-hybridized carbons (Fsp3) is 0.357. The molecule has 0 spiro atoms. The Hall–Kier alpha value is -1.65. The Kier molecular flexibility index (Phi) is 6.11. The molecule has 0 aliphatic heterocycles. The van der Waals surface area contributed by atoms with Crippen LogP contribution in [0.15, 0.2) is 42.5 Å². The average molecular weight is 249 g/mol. The maximum Gasteiger partial charge on any atom is 0.330 e. The van der Waals surface area contributed by atoms with Gasteiger partial charge in [-0.1, -0.05) is 36.4 Å². The maximum atomic E-state index is 11.0. The molecule has 0 aliphatic carbocycles. The Morgan fingerprint density at radius 1 is 1.44 bits per heavy atom. The molecule has 1 rings (SSSR count). The summed E-state index contributed by atoms with van der Waals surface area (Å²) in [5.41, 5.74) is 1.12. The Labute approximate surface area is 107 Å². The summed E-state index contributed by atoms with van der Waals surface area (Å²) >= 11 is 0. The van der Waals surface area contributed by atoms with Gasteiger partial charge in [-0.15, -0.1) is 0 Å². The van der Waals surface area contributed by atoms with Crippen LogP contribution < -0.4 is 5.32 Å². The molecule has 0 fully saturated rings. The van der Waals surface area contributed by atoms with Gasteiger partial charge in [-0.2, -0.15) is 0 Å². The molecular formula is C14H19NO3. The molecule has 2 atom stereocenters. The van der Waals surface area contributed by atoms with Gasteiger partial charge in [-0.25, -0.2) is 4.79 Å². The van der Waals surface area contributed by atoms with Crippen LogP contribution in [-0.4, -0.2) is 30.3 Å². The van der Waals surface area contributed by atoms with Crippen molar-refractivity contribution in [2.75, 3.05) is 7.11 Å². The highest BCUT2D eigenvalue weighted by atomic mass is 16.5. The summed E-state index contributed by atoms with van der Waals surface area (Å²) in [4.78, 5) is 11.0. The van der Waals surface area contributed by atoms with Crippen molar-refractivity contribution in [1.82, 2.24) is 5.32 Å². The van der Waals surface area contributed by atoms with Crippen molar-refractivity contribution in [3.8, 4) is 0 Å². The molecule has 0 saturated heterocycles. The van der Waals surface area contributed by atoms with Crippen LogP contribution in [0.1, 0.15) is 12.5 Å². The number of nitrogens with one attached hydrogen (secondary N) is 1. The minimum absolute atomic E-state index is 0.288. The molecule has 1 aromatic carbocycles. The minimum Gasteiger partial charge on any atom is -0.466 e. The van der Waals surface area contributed by atoms with Gasteiger partial charge in [0.1, 0.15) is 0 Å². The van der Waals surface area contributed by atoms with E-state index < -0.39 is 12.1 Å². The number of esters is 1. The van der Waals surface area contributed by atoms with E-state index in [1.165, 1.54) is 13.2 Å². The summed E-state index contributed by atoms with van der Waals surface area (Å²) in [6.45, 7) is 2.30. The first-order chi connectivity index (χ1) is 8.63. The lowest BCUT2D eigenvalue weighted by Gasteiger charge is -2.17. The molecule has 0 amide bonds. The summed E-state index contributed by atoms with van der Waals surface area (Å²) in [6, 6.07) is 9.57. The molecule has 18 heavy (non-hydrogen) atoms. The molecule has 0 aliphatic rings. The fourth-order valence-electron chi connectivity index (χ4n) is 1.48. The Morgan fingerprint density at radius 2 is 2.11 bits per heavy atom. The molecule has 1 aromatic rings. The van der Waals surface area contributed by atoms with Gasteiger partial charge in [-0.05, 0) is 12.5 Å². The van der Waals surface area contributed by atoms with Crippen LogP contribution in [0.4, 0.5) is 0 Å². The van der Waals surface area contributed by atoms with E-state index in [9.17, 15) is 9.90 Å². The number of hydrogen-bond acceptors (Lipinski definition) is 4. The van der Waals surface area contributed by atoms with Gasteiger partial charge < -0.3 is 15.2 Å². The number of aliphatic hydroxyl groups is 1. The minimum atomic E-state index is -0.588. The van der Waals surface area contributed by atoms with E-state index in [-0.39, 0.29) is 6.04 Å². The third kappa shape index (κ3) is 5.12. The first-order valence-corrected chi connectivity index (χ1v) is 5.85. The van der Waals surface area contributed by atoms with Crippen LogP contribution in [-0.2, 0) is 16.1 Å². The predicted molar refractivity (Wildman–Crippen MR) is 69.9 cm³/mol. The summed E-state index contributed by atoms with van der Waals surface area (Å²) in [5, 5.41) is 12.8. The number of aliphatic hydroxyl groups excluding tert-OH is 1. The van der Waals surface area contributed by atoms with Crippen molar-refractivity contribution in [2.24, 2.45) is 0 Å². The topological polar surface area (TPSA) is 58.6 Å². The molecule has 0 radical (unpaired) electrons. The first kappa shape index (κ1) is 14.4. The van der Waals surface area contributed by atoms with Gasteiger partial charge in [0.2, 0.25) is 0 Å². The van der Waals surface area contributed by atoms with Crippen LogP contribution in [0.25, 0.3) is 0 Å². The zero-order chi connectivity index (χ0) is 13.4. The second kappa shape index (κ2) is 7.63. The van der Waals surface area contributed by atoms with Crippen molar-refractivity contribution in [1.29, 1.82) is 0 Å². The zero-order valence-corrected chi connectivity index (χ0v) is 10.7. The molecule has 0 aromatic heterocycles. The van der Waals surface area contributed by atoms with E-state index in [1.54, 1.807) is 13.0 Å². The fourth-order valence-corrected chi connectivity index (χ4v) is 1.48. The van der Waals surface area contributed by atoms with E-state index in [1.807, 2.05) is 30.3 Å². The SMILES string of the molecule is COC(=O)/C=C/[C@H](NCc1ccccc1)[C@H](C)O. The van der Waals surface area contributed by atoms with E-state index in [0.717, 1.165) is 5.56 Å². The highest BCUT2D eigenvalue weighted by Crippen LogP contribution is 2.01. The molecule has 4 heteroatoms. The number of hydrogen-bond donors (Lipinski definition) is 2. The van der Waals surface area contributed by atoms with Crippen LogP contribution in [0.2, 0.25) is 0 Å². The largest absolute Gasteiger partial charge is 0.466 e. The quantitative estimate of drug-likeness (QED) is 0.588. The van der Waals surface area contributed by atoms with Crippen molar-refractivity contribution >= 4 is 5.97 Å². The van der Waals surface area contributed by atoms with E-state index in [2.05, 4.69) is 10.1 Å². The van der Waals surface area contributed by atoms with Crippen LogP contribution >= 0.6 is 0 Å². The molecule has 4 nitrogen and oxygen atoms in total. The smallest absolute Gasteiger partial charge is 0.330 e. The molecule has 0 unspecified atom stereocenters. The van der Waals surface area contributed by atoms with Crippen LogP contribution in [0.3, 0.4) is 0 Å². The van der Waals surface area contributed by atoms with Crippen molar-refractivity contribution in [3.05, 3.63) is 48.0 Å². The number of ether oxygens (including phenoxy) is 1. The molecule has 2 N–H and O–H groups in total. The third-order valence-electron chi connectivity index (χ3n) is 2.55. The van der Waals surface area contributed by atoms with Crippen LogP contribution in [0, 0.1) is 0 Å². The standard InChI is InChI=1S/C14H19NO3/c1-11(16)13(8-9-14(17)18-2)15-10-12-6-4-3-5-7-12/h3-9,11,13,15-16H,10H2,1-2H3/b9-8+/t11-,13-/m0/s1. The van der Waals surface area contributed by atoms with Gasteiger partial charge in [0.15, 0.2) is 0 Å². The first-order valence-electron chi connectivity index (χ1n) is 5.85. The van der Waals surface area contributed by atoms with E-state index in [4.69, 9.17) is 0 Å². The molecule has 0 heterocycles. The Bertz CT molecular complexity index is 387. The number of benzene rings is 1. The van der Waals surface area contributed by atoms with Crippen LogP contribution in [0.5, 0.6) is 0 Å². The summed E-state index contributed by atoms with van der Waals surface area (Å²) < 4.78 is 4.51. The lowest BCUT2D eigenvalue weighted by atomic mass is 10.1. The second-order valence-electron chi connectivity index (χ2n) is 4.02. The van der Waals surface area contributed by atoms with E-state index in [0.29, 0.717) is 6.54 Å². The molecule has 0 saturated carbocycles.